The summed E-state index contributed by atoms with van der Waals surface area (Å²) in [4.78, 5) is 24.1. The van der Waals surface area contributed by atoms with E-state index in [1.165, 1.54) is 32.1 Å². The molecule has 0 aliphatic heterocycles. The van der Waals surface area contributed by atoms with Gasteiger partial charge in [-0.25, -0.2) is 4.79 Å². The van der Waals surface area contributed by atoms with Gasteiger partial charge in [-0.15, -0.1) is 0 Å². The van der Waals surface area contributed by atoms with Crippen LogP contribution in [0.25, 0.3) is 0 Å². The fourth-order valence-electron chi connectivity index (χ4n) is 3.55. The summed E-state index contributed by atoms with van der Waals surface area (Å²) in [6.45, 7) is 1.98. The largest absolute Gasteiger partial charge is 0.335 e. The number of rotatable bonds is 5. The molecule has 0 saturated heterocycles. The predicted octanol–water partition coefficient (Wildman–Crippen LogP) is 4.51. The maximum Gasteiger partial charge on any atom is 0.315 e. The second-order valence-electron chi connectivity index (χ2n) is 7.77. The Hall–Kier alpha value is -2.04. The lowest BCUT2D eigenvalue weighted by Gasteiger charge is -2.23. The van der Waals surface area contributed by atoms with Crippen LogP contribution in [-0.2, 0) is 4.79 Å². The first kappa shape index (κ1) is 18.7. The van der Waals surface area contributed by atoms with Crippen molar-refractivity contribution in [3.8, 4) is 0 Å². The van der Waals surface area contributed by atoms with Gasteiger partial charge in [-0.3, -0.25) is 4.79 Å². The van der Waals surface area contributed by atoms with Crippen LogP contribution in [0.4, 0.5) is 10.5 Å². The van der Waals surface area contributed by atoms with Crippen molar-refractivity contribution in [2.24, 2.45) is 5.92 Å². The highest BCUT2D eigenvalue weighted by Crippen LogP contribution is 2.30. The number of hydrogen-bond donors (Lipinski definition) is 3. The standard InChI is InChI=1S/C21H31N3O2/c1-15(22-21(26)24-18-7-5-3-2-4-6-8-18)16-11-13-19(14-12-16)23-20(25)17-9-10-17/h11-15,17-18H,2-10H2,1H3,(H,23,25)(H2,22,24,26)/t15-/m0/s1. The molecule has 1 aromatic rings. The molecule has 26 heavy (non-hydrogen) atoms. The Morgan fingerprint density at radius 2 is 1.54 bits per heavy atom. The molecule has 0 spiro atoms. The summed E-state index contributed by atoms with van der Waals surface area (Å²) in [7, 11) is 0. The van der Waals surface area contributed by atoms with E-state index in [1.807, 2.05) is 31.2 Å². The van der Waals surface area contributed by atoms with Gasteiger partial charge in [0.15, 0.2) is 0 Å². The molecule has 1 atom stereocenters. The molecular formula is C21H31N3O2. The highest BCUT2D eigenvalue weighted by atomic mass is 16.2. The number of nitrogens with one attached hydrogen (secondary N) is 3. The lowest BCUT2D eigenvalue weighted by Crippen LogP contribution is -2.43. The van der Waals surface area contributed by atoms with Crippen LogP contribution in [-0.4, -0.2) is 18.0 Å². The van der Waals surface area contributed by atoms with Crippen molar-refractivity contribution in [3.05, 3.63) is 29.8 Å². The zero-order valence-corrected chi connectivity index (χ0v) is 15.7. The van der Waals surface area contributed by atoms with Gasteiger partial charge in [0.1, 0.15) is 0 Å². The quantitative estimate of drug-likeness (QED) is 0.726. The fraction of sp³-hybridized carbons (Fsp3) is 0.619. The first-order valence-corrected chi connectivity index (χ1v) is 10.1. The third-order valence-electron chi connectivity index (χ3n) is 5.41. The fourth-order valence-corrected chi connectivity index (χ4v) is 3.55. The van der Waals surface area contributed by atoms with Gasteiger partial charge < -0.3 is 16.0 Å². The smallest absolute Gasteiger partial charge is 0.315 e. The van der Waals surface area contributed by atoms with Gasteiger partial charge in [-0.05, 0) is 50.3 Å². The van der Waals surface area contributed by atoms with Crippen LogP contribution in [0.1, 0.15) is 76.3 Å². The minimum atomic E-state index is -0.0887. The van der Waals surface area contributed by atoms with Gasteiger partial charge in [0.2, 0.25) is 5.91 Å². The Morgan fingerprint density at radius 3 is 2.15 bits per heavy atom. The van der Waals surface area contributed by atoms with E-state index in [1.54, 1.807) is 0 Å². The van der Waals surface area contributed by atoms with Gasteiger partial charge in [0.05, 0.1) is 6.04 Å². The van der Waals surface area contributed by atoms with E-state index in [-0.39, 0.29) is 23.9 Å². The van der Waals surface area contributed by atoms with Crippen LogP contribution < -0.4 is 16.0 Å². The molecule has 3 rings (SSSR count). The second kappa shape index (κ2) is 9.06. The van der Waals surface area contributed by atoms with E-state index >= 15 is 0 Å². The molecule has 5 nitrogen and oxygen atoms in total. The van der Waals surface area contributed by atoms with Gasteiger partial charge in [-0.2, -0.15) is 0 Å². The van der Waals surface area contributed by atoms with Crippen molar-refractivity contribution in [3.63, 3.8) is 0 Å². The van der Waals surface area contributed by atoms with Crippen molar-refractivity contribution >= 4 is 17.6 Å². The molecule has 0 unspecified atom stereocenters. The first-order chi connectivity index (χ1) is 12.6. The number of urea groups is 1. The molecule has 0 aromatic heterocycles. The topological polar surface area (TPSA) is 70.2 Å². The molecular weight excluding hydrogens is 326 g/mol. The summed E-state index contributed by atoms with van der Waals surface area (Å²) in [5, 5.41) is 9.11. The van der Waals surface area contributed by atoms with Crippen LogP contribution in [0.5, 0.6) is 0 Å². The zero-order valence-electron chi connectivity index (χ0n) is 15.7. The van der Waals surface area contributed by atoms with Crippen molar-refractivity contribution in [1.82, 2.24) is 10.6 Å². The average molecular weight is 357 g/mol. The SMILES string of the molecule is C[C@H](NC(=O)NC1CCCCCCC1)c1ccc(NC(=O)C2CC2)cc1. The van der Waals surface area contributed by atoms with Crippen LogP contribution in [0.15, 0.2) is 24.3 Å². The van der Waals surface area contributed by atoms with Gasteiger partial charge in [0.25, 0.3) is 0 Å². The Kier molecular flexibility index (Phi) is 6.53. The van der Waals surface area contributed by atoms with E-state index in [4.69, 9.17) is 0 Å². The van der Waals surface area contributed by atoms with E-state index in [0.717, 1.165) is 36.9 Å². The Morgan fingerprint density at radius 1 is 0.923 bits per heavy atom. The summed E-state index contributed by atoms with van der Waals surface area (Å²) >= 11 is 0. The number of benzene rings is 1. The number of hydrogen-bond acceptors (Lipinski definition) is 2. The van der Waals surface area contributed by atoms with Crippen molar-refractivity contribution in [2.45, 2.75) is 76.8 Å². The highest BCUT2D eigenvalue weighted by molar-refractivity contribution is 5.94. The first-order valence-electron chi connectivity index (χ1n) is 10.1. The highest BCUT2D eigenvalue weighted by Gasteiger charge is 2.29. The molecule has 3 N–H and O–H groups in total. The molecule has 0 radical (unpaired) electrons. The van der Waals surface area contributed by atoms with E-state index < -0.39 is 0 Å². The third kappa shape index (κ3) is 5.75. The predicted molar refractivity (Wildman–Crippen MR) is 104 cm³/mol. The number of anilines is 1. The van der Waals surface area contributed by atoms with Crippen LogP contribution >= 0.6 is 0 Å². The minimum absolute atomic E-state index is 0.0725. The summed E-state index contributed by atoms with van der Waals surface area (Å²) in [5.41, 5.74) is 1.85. The summed E-state index contributed by atoms with van der Waals surface area (Å²) in [6.07, 6.45) is 10.5. The lowest BCUT2D eigenvalue weighted by atomic mass is 9.97. The second-order valence-corrected chi connectivity index (χ2v) is 7.77. The molecule has 2 fully saturated rings. The number of carbonyl (C=O) groups excluding carboxylic acids is 2. The number of amides is 3. The normalized spacial score (nSPS) is 19.7. The van der Waals surface area contributed by atoms with Gasteiger partial charge in [0, 0.05) is 17.6 Å². The summed E-state index contributed by atoms with van der Waals surface area (Å²) < 4.78 is 0. The van der Waals surface area contributed by atoms with Crippen LogP contribution in [0.3, 0.4) is 0 Å². The van der Waals surface area contributed by atoms with Crippen LogP contribution in [0, 0.1) is 5.92 Å². The zero-order chi connectivity index (χ0) is 18.4. The van der Waals surface area contributed by atoms with Crippen molar-refractivity contribution in [2.75, 3.05) is 5.32 Å². The molecule has 3 amide bonds. The van der Waals surface area contributed by atoms with Crippen LogP contribution in [0.2, 0.25) is 0 Å². The summed E-state index contributed by atoms with van der Waals surface area (Å²) in [6, 6.07) is 7.86. The van der Waals surface area contributed by atoms with Crippen molar-refractivity contribution in [1.29, 1.82) is 0 Å². The molecule has 2 saturated carbocycles. The van der Waals surface area contributed by atoms with E-state index in [9.17, 15) is 9.59 Å². The van der Waals surface area contributed by atoms with Crippen molar-refractivity contribution < 1.29 is 9.59 Å². The monoisotopic (exact) mass is 357 g/mol. The van der Waals surface area contributed by atoms with E-state index in [2.05, 4.69) is 16.0 Å². The lowest BCUT2D eigenvalue weighted by molar-refractivity contribution is -0.117. The third-order valence-corrected chi connectivity index (χ3v) is 5.41. The van der Waals surface area contributed by atoms with E-state index in [0.29, 0.717) is 6.04 Å². The molecule has 5 heteroatoms. The molecule has 0 bridgehead atoms. The van der Waals surface area contributed by atoms with Gasteiger partial charge >= 0.3 is 6.03 Å². The Labute approximate surface area is 156 Å². The summed E-state index contributed by atoms with van der Waals surface area (Å²) in [5.74, 6) is 0.315. The number of carbonyl (C=O) groups is 2. The maximum atomic E-state index is 12.3. The van der Waals surface area contributed by atoms with Gasteiger partial charge in [-0.1, -0.05) is 44.2 Å². The molecule has 142 valence electrons. The Balaban J connectivity index is 1.46. The molecule has 2 aliphatic rings. The minimum Gasteiger partial charge on any atom is -0.335 e. The average Bonchev–Trinajstić information content (AvgIpc) is 3.43. The molecule has 0 heterocycles. The molecule has 1 aromatic carbocycles. The maximum absolute atomic E-state index is 12.3. The molecule has 2 aliphatic carbocycles. The Bertz CT molecular complexity index is 602.